The van der Waals surface area contributed by atoms with Crippen LogP contribution in [0, 0.1) is 0 Å². The summed E-state index contributed by atoms with van der Waals surface area (Å²) in [7, 11) is -3.77. The van der Waals surface area contributed by atoms with Gasteiger partial charge >= 0.3 is 5.97 Å². The van der Waals surface area contributed by atoms with Crippen molar-refractivity contribution >= 4 is 16.2 Å². The Morgan fingerprint density at radius 1 is 1.53 bits per heavy atom. The zero-order chi connectivity index (χ0) is 14.5. The minimum absolute atomic E-state index is 0.227. The normalized spacial score (nSPS) is 22.4. The van der Waals surface area contributed by atoms with E-state index in [1.54, 1.807) is 13.8 Å². The predicted molar refractivity (Wildman–Crippen MR) is 69.6 cm³/mol. The number of carbonyl (C=O) groups is 1. The molecule has 7 nitrogen and oxygen atoms in total. The number of ether oxygens (including phenoxy) is 1. The molecule has 1 unspecified atom stereocenters. The topological polar surface area (TPSA) is 95.9 Å². The molecule has 0 aromatic rings. The van der Waals surface area contributed by atoms with Crippen LogP contribution in [0.5, 0.6) is 0 Å². The fraction of sp³-hybridized carbons (Fsp3) is 0.909. The van der Waals surface area contributed by atoms with E-state index in [0.29, 0.717) is 25.8 Å². The van der Waals surface area contributed by atoms with Crippen molar-refractivity contribution in [1.29, 1.82) is 0 Å². The van der Waals surface area contributed by atoms with E-state index in [4.69, 9.17) is 9.84 Å². The van der Waals surface area contributed by atoms with Gasteiger partial charge in [0.1, 0.15) is 6.04 Å². The van der Waals surface area contributed by atoms with Crippen LogP contribution in [-0.2, 0) is 19.7 Å². The van der Waals surface area contributed by atoms with Gasteiger partial charge in [-0.25, -0.2) is 0 Å². The average molecular weight is 294 g/mol. The van der Waals surface area contributed by atoms with Gasteiger partial charge < -0.3 is 9.84 Å². The third kappa shape index (κ3) is 4.13. The van der Waals surface area contributed by atoms with Crippen molar-refractivity contribution in [3.63, 3.8) is 0 Å². The molecular weight excluding hydrogens is 272 g/mol. The number of aliphatic hydroxyl groups is 1. The van der Waals surface area contributed by atoms with Crippen LogP contribution in [0.2, 0.25) is 0 Å². The number of rotatable bonds is 7. The van der Waals surface area contributed by atoms with Gasteiger partial charge in [0, 0.05) is 12.6 Å². The molecule has 0 radical (unpaired) electrons. The summed E-state index contributed by atoms with van der Waals surface area (Å²) in [6.07, 6.45) is 1.57. The lowest BCUT2D eigenvalue weighted by molar-refractivity contribution is -0.146. The number of esters is 1. The van der Waals surface area contributed by atoms with Crippen molar-refractivity contribution in [1.82, 2.24) is 9.03 Å². The molecule has 8 heteroatoms. The monoisotopic (exact) mass is 294 g/mol. The van der Waals surface area contributed by atoms with Crippen LogP contribution in [0.3, 0.4) is 0 Å². The fourth-order valence-electron chi connectivity index (χ4n) is 2.03. The molecule has 1 aliphatic heterocycles. The SMILES string of the molecule is CCOC(=O)C1CCCN1S(=O)(=O)N[C@H](CC)CO. The van der Waals surface area contributed by atoms with Crippen molar-refractivity contribution in [3.05, 3.63) is 0 Å². The largest absolute Gasteiger partial charge is 0.465 e. The molecule has 1 saturated heterocycles. The van der Waals surface area contributed by atoms with Gasteiger partial charge in [-0.2, -0.15) is 17.4 Å². The number of hydrogen-bond acceptors (Lipinski definition) is 5. The van der Waals surface area contributed by atoms with E-state index in [9.17, 15) is 13.2 Å². The molecule has 1 fully saturated rings. The van der Waals surface area contributed by atoms with Gasteiger partial charge in [0.25, 0.3) is 10.2 Å². The zero-order valence-electron chi connectivity index (χ0n) is 11.3. The number of hydrogen-bond donors (Lipinski definition) is 2. The molecule has 112 valence electrons. The summed E-state index contributed by atoms with van der Waals surface area (Å²) >= 11 is 0. The van der Waals surface area contributed by atoms with E-state index < -0.39 is 28.3 Å². The van der Waals surface area contributed by atoms with Crippen LogP contribution in [0.1, 0.15) is 33.1 Å². The van der Waals surface area contributed by atoms with E-state index in [2.05, 4.69) is 4.72 Å². The third-order valence-electron chi connectivity index (χ3n) is 3.10. The van der Waals surface area contributed by atoms with Crippen molar-refractivity contribution in [3.8, 4) is 0 Å². The lowest BCUT2D eigenvalue weighted by Gasteiger charge is -2.25. The van der Waals surface area contributed by atoms with Crippen molar-refractivity contribution < 1.29 is 23.1 Å². The van der Waals surface area contributed by atoms with E-state index in [-0.39, 0.29) is 13.2 Å². The Kier molecular flexibility index (Phi) is 6.18. The summed E-state index contributed by atoms with van der Waals surface area (Å²) in [6, 6.07) is -1.29. The first-order valence-corrected chi connectivity index (χ1v) is 7.96. The van der Waals surface area contributed by atoms with Gasteiger partial charge in [0.15, 0.2) is 0 Å². The van der Waals surface area contributed by atoms with Crippen molar-refractivity contribution in [2.24, 2.45) is 0 Å². The van der Waals surface area contributed by atoms with E-state index in [1.807, 2.05) is 0 Å². The number of aliphatic hydroxyl groups excluding tert-OH is 1. The van der Waals surface area contributed by atoms with E-state index in [0.717, 1.165) is 4.31 Å². The third-order valence-corrected chi connectivity index (χ3v) is 4.79. The first-order valence-electron chi connectivity index (χ1n) is 6.52. The maximum atomic E-state index is 12.2. The molecular formula is C11H22N2O5S. The zero-order valence-corrected chi connectivity index (χ0v) is 12.1. The number of carbonyl (C=O) groups excluding carboxylic acids is 1. The standard InChI is InChI=1S/C11H22N2O5S/c1-3-9(8-14)12-19(16,17)13-7-5-6-10(13)11(15)18-4-2/h9-10,12,14H,3-8H2,1-2H3/t9-,10?/m1/s1. The lowest BCUT2D eigenvalue weighted by Crippen LogP contribution is -2.50. The lowest BCUT2D eigenvalue weighted by atomic mass is 10.2. The van der Waals surface area contributed by atoms with Crippen LogP contribution < -0.4 is 4.72 Å². The molecule has 0 aliphatic carbocycles. The molecule has 0 bridgehead atoms. The second-order valence-corrected chi connectivity index (χ2v) is 6.09. The summed E-state index contributed by atoms with van der Waals surface area (Å²) in [4.78, 5) is 11.7. The molecule has 19 heavy (non-hydrogen) atoms. The van der Waals surface area contributed by atoms with Crippen molar-refractivity contribution in [2.45, 2.75) is 45.2 Å². The summed E-state index contributed by atoms with van der Waals surface area (Å²) in [6.45, 7) is 3.71. The fourth-order valence-corrected chi connectivity index (χ4v) is 3.72. The Morgan fingerprint density at radius 3 is 2.74 bits per heavy atom. The highest BCUT2D eigenvalue weighted by Crippen LogP contribution is 2.21. The summed E-state index contributed by atoms with van der Waals surface area (Å²) in [5, 5.41) is 9.05. The molecule has 0 spiro atoms. The Morgan fingerprint density at radius 2 is 2.21 bits per heavy atom. The van der Waals surface area contributed by atoms with Crippen LogP contribution in [0.4, 0.5) is 0 Å². The van der Waals surface area contributed by atoms with Gasteiger partial charge in [-0.3, -0.25) is 4.79 Å². The average Bonchev–Trinajstić information content (AvgIpc) is 2.86. The number of nitrogens with one attached hydrogen (secondary N) is 1. The quantitative estimate of drug-likeness (QED) is 0.624. The number of nitrogens with zero attached hydrogens (tertiary/aromatic N) is 1. The van der Waals surface area contributed by atoms with Gasteiger partial charge in [-0.05, 0) is 26.2 Å². The maximum Gasteiger partial charge on any atom is 0.324 e. The molecule has 1 rings (SSSR count). The van der Waals surface area contributed by atoms with Crippen LogP contribution >= 0.6 is 0 Å². The molecule has 0 amide bonds. The minimum atomic E-state index is -3.77. The minimum Gasteiger partial charge on any atom is -0.465 e. The Bertz CT molecular complexity index is 394. The second-order valence-electron chi connectivity index (χ2n) is 4.43. The molecule has 1 aliphatic rings. The van der Waals surface area contributed by atoms with Gasteiger partial charge in [-0.15, -0.1) is 0 Å². The van der Waals surface area contributed by atoms with E-state index >= 15 is 0 Å². The van der Waals surface area contributed by atoms with Crippen LogP contribution in [0.25, 0.3) is 0 Å². The van der Waals surface area contributed by atoms with Gasteiger partial charge in [-0.1, -0.05) is 6.92 Å². The highest BCUT2D eigenvalue weighted by atomic mass is 32.2. The summed E-state index contributed by atoms with van der Waals surface area (Å²) < 4.78 is 32.8. The smallest absolute Gasteiger partial charge is 0.324 e. The van der Waals surface area contributed by atoms with E-state index in [1.165, 1.54) is 0 Å². The highest BCUT2D eigenvalue weighted by Gasteiger charge is 2.40. The molecule has 2 atom stereocenters. The van der Waals surface area contributed by atoms with Gasteiger partial charge in [0.2, 0.25) is 0 Å². The summed E-state index contributed by atoms with van der Waals surface area (Å²) in [5.74, 6) is -0.512. The first-order chi connectivity index (χ1) is 8.96. The van der Waals surface area contributed by atoms with Crippen LogP contribution in [-0.4, -0.2) is 55.6 Å². The molecule has 1 heterocycles. The van der Waals surface area contributed by atoms with Gasteiger partial charge in [0.05, 0.1) is 13.2 Å². The first kappa shape index (κ1) is 16.4. The highest BCUT2D eigenvalue weighted by molar-refractivity contribution is 7.87. The van der Waals surface area contributed by atoms with Crippen molar-refractivity contribution in [2.75, 3.05) is 19.8 Å². The predicted octanol–water partition coefficient (Wildman–Crippen LogP) is -0.381. The Labute approximate surface area is 114 Å². The molecule has 0 aromatic carbocycles. The molecule has 2 N–H and O–H groups in total. The Hall–Kier alpha value is -0.700. The summed E-state index contributed by atoms with van der Waals surface area (Å²) in [5.41, 5.74) is 0. The second kappa shape index (κ2) is 7.18. The Balaban J connectivity index is 2.78. The molecule has 0 aromatic heterocycles. The van der Waals surface area contributed by atoms with Crippen LogP contribution in [0.15, 0.2) is 0 Å². The maximum absolute atomic E-state index is 12.2. The molecule has 0 saturated carbocycles.